The molecule has 2 aliphatic rings. The number of thiophene rings is 1. The number of anilines is 2. The highest BCUT2D eigenvalue weighted by Crippen LogP contribution is 2.47. The maximum atomic E-state index is 13.8. The van der Waals surface area contributed by atoms with E-state index in [0.717, 1.165) is 34.6 Å². The topological polar surface area (TPSA) is 70.1 Å². The normalized spacial score (nSPS) is 19.2. The van der Waals surface area contributed by atoms with E-state index in [9.17, 15) is 9.59 Å². The molecule has 0 radical (unpaired) electrons. The standard InChI is InChI=1S/C28H26N4O2S/c1-31(2)19-12-10-17(11-13-19)24-25-21(15-18(16-22(25)33)23-9-6-14-35-23)29-27-26(24)28(34)32(30-27)20-7-4-3-5-8-20/h3-14,18,24,29-30H,15-16H2,1-2H3/t18-,24-/m1/s1. The molecule has 6 nitrogen and oxygen atoms in total. The van der Waals surface area contributed by atoms with Crippen molar-refractivity contribution < 1.29 is 4.79 Å². The number of fused-ring (bicyclic) bond motifs is 1. The highest BCUT2D eigenvalue weighted by Gasteiger charge is 2.41. The third-order valence-corrected chi connectivity index (χ3v) is 8.03. The number of carbonyl (C=O) groups is 1. The maximum Gasteiger partial charge on any atom is 0.277 e. The van der Waals surface area contributed by atoms with Gasteiger partial charge in [0.1, 0.15) is 5.82 Å². The highest BCUT2D eigenvalue weighted by atomic mass is 32.1. The highest BCUT2D eigenvalue weighted by molar-refractivity contribution is 7.10. The number of hydrogen-bond acceptors (Lipinski definition) is 5. The van der Waals surface area contributed by atoms with Crippen LogP contribution in [0.5, 0.6) is 0 Å². The number of aromatic amines is 1. The van der Waals surface area contributed by atoms with Crippen LogP contribution in [0, 0.1) is 0 Å². The second kappa shape index (κ2) is 8.43. The van der Waals surface area contributed by atoms with Gasteiger partial charge in [0, 0.05) is 54.2 Å². The molecule has 2 aromatic heterocycles. The molecule has 176 valence electrons. The van der Waals surface area contributed by atoms with Gasteiger partial charge in [-0.15, -0.1) is 11.3 Å². The van der Waals surface area contributed by atoms with Gasteiger partial charge in [0.05, 0.1) is 11.3 Å². The molecule has 0 fully saturated rings. The number of para-hydroxylation sites is 1. The van der Waals surface area contributed by atoms with Gasteiger partial charge in [0.2, 0.25) is 0 Å². The average molecular weight is 483 g/mol. The Morgan fingerprint density at radius 3 is 2.40 bits per heavy atom. The van der Waals surface area contributed by atoms with Crippen LogP contribution in [-0.2, 0) is 4.79 Å². The molecule has 35 heavy (non-hydrogen) atoms. The molecule has 7 heteroatoms. The van der Waals surface area contributed by atoms with E-state index in [1.165, 1.54) is 4.88 Å². The van der Waals surface area contributed by atoms with Crippen LogP contribution in [0.2, 0.25) is 0 Å². The van der Waals surface area contributed by atoms with Crippen molar-refractivity contribution in [3.05, 3.63) is 110 Å². The number of nitrogens with zero attached hydrogens (tertiary/aromatic N) is 2. The van der Waals surface area contributed by atoms with Crippen LogP contribution in [0.3, 0.4) is 0 Å². The zero-order chi connectivity index (χ0) is 24.1. The Hall–Kier alpha value is -3.84. The number of allylic oxidation sites excluding steroid dienone is 2. The second-order valence-corrected chi connectivity index (χ2v) is 10.3. The molecule has 2 N–H and O–H groups in total. The van der Waals surface area contributed by atoms with E-state index < -0.39 is 5.92 Å². The van der Waals surface area contributed by atoms with E-state index in [0.29, 0.717) is 17.8 Å². The molecule has 3 heterocycles. The smallest absolute Gasteiger partial charge is 0.277 e. The molecule has 0 amide bonds. The monoisotopic (exact) mass is 482 g/mol. The van der Waals surface area contributed by atoms with Crippen molar-refractivity contribution in [1.82, 2.24) is 9.78 Å². The van der Waals surface area contributed by atoms with Crippen LogP contribution >= 0.6 is 11.3 Å². The lowest BCUT2D eigenvalue weighted by molar-refractivity contribution is -0.116. The first kappa shape index (κ1) is 21.7. The van der Waals surface area contributed by atoms with E-state index in [1.807, 2.05) is 79.7 Å². The Balaban J connectivity index is 1.51. The number of nitrogens with one attached hydrogen (secondary N) is 2. The summed E-state index contributed by atoms with van der Waals surface area (Å²) in [5.74, 6) is 0.508. The van der Waals surface area contributed by atoms with Gasteiger partial charge in [-0.05, 0) is 47.7 Å². The van der Waals surface area contributed by atoms with Crippen molar-refractivity contribution in [3.63, 3.8) is 0 Å². The number of carbonyl (C=O) groups excluding carboxylic acids is 1. The van der Waals surface area contributed by atoms with E-state index in [4.69, 9.17) is 0 Å². The summed E-state index contributed by atoms with van der Waals surface area (Å²) in [4.78, 5) is 30.7. The minimum atomic E-state index is -0.414. The lowest BCUT2D eigenvalue weighted by Gasteiger charge is -2.34. The predicted molar refractivity (Wildman–Crippen MR) is 141 cm³/mol. The first-order chi connectivity index (χ1) is 17.0. The predicted octanol–water partition coefficient (Wildman–Crippen LogP) is 5.25. The molecule has 0 saturated carbocycles. The molecule has 1 aliphatic heterocycles. The van der Waals surface area contributed by atoms with Crippen LogP contribution in [0.1, 0.15) is 40.7 Å². The quantitative estimate of drug-likeness (QED) is 0.417. The summed E-state index contributed by atoms with van der Waals surface area (Å²) in [6.45, 7) is 0. The molecule has 6 rings (SSSR count). The van der Waals surface area contributed by atoms with Gasteiger partial charge in [-0.25, -0.2) is 4.68 Å². The molecular formula is C28H26N4O2S. The Morgan fingerprint density at radius 1 is 0.943 bits per heavy atom. The lowest BCUT2D eigenvalue weighted by atomic mass is 9.74. The van der Waals surface area contributed by atoms with Crippen molar-refractivity contribution >= 4 is 28.6 Å². The van der Waals surface area contributed by atoms with Gasteiger partial charge < -0.3 is 10.2 Å². The SMILES string of the molecule is CN(C)c1ccc([C@@H]2C3=C(C[C@@H](c4cccs4)CC3=O)Nc3[nH]n(-c4ccccc4)c(=O)c32)cc1. The first-order valence-corrected chi connectivity index (χ1v) is 12.6. The fourth-order valence-corrected chi connectivity index (χ4v) is 6.11. The molecule has 1 aliphatic carbocycles. The van der Waals surface area contributed by atoms with Gasteiger partial charge in [-0.2, -0.15) is 0 Å². The minimum Gasteiger partial charge on any atom is -0.378 e. The summed E-state index contributed by atoms with van der Waals surface area (Å²) in [6.07, 6.45) is 1.20. The van der Waals surface area contributed by atoms with E-state index in [2.05, 4.69) is 21.9 Å². The number of benzene rings is 2. The number of hydrogen-bond donors (Lipinski definition) is 2. The van der Waals surface area contributed by atoms with Gasteiger partial charge in [-0.1, -0.05) is 36.4 Å². The van der Waals surface area contributed by atoms with Crippen LogP contribution in [-0.4, -0.2) is 29.7 Å². The Kier molecular flexibility index (Phi) is 5.22. The van der Waals surface area contributed by atoms with Crippen LogP contribution in [0.15, 0.2) is 88.2 Å². The number of Topliss-reactive ketones (excluding diaryl/α,β-unsaturated/α-hetero) is 1. The first-order valence-electron chi connectivity index (χ1n) is 11.8. The Bertz CT molecular complexity index is 1480. The molecule has 2 aromatic carbocycles. The summed E-state index contributed by atoms with van der Waals surface area (Å²) in [5.41, 5.74) is 4.87. The van der Waals surface area contributed by atoms with Gasteiger partial charge in [0.25, 0.3) is 5.56 Å². The number of aromatic nitrogens is 2. The molecule has 0 bridgehead atoms. The van der Waals surface area contributed by atoms with E-state index in [-0.39, 0.29) is 17.3 Å². The maximum absolute atomic E-state index is 13.8. The second-order valence-electron chi connectivity index (χ2n) is 9.36. The van der Waals surface area contributed by atoms with Crippen molar-refractivity contribution in [2.75, 3.05) is 24.3 Å². The summed E-state index contributed by atoms with van der Waals surface area (Å²) >= 11 is 1.69. The lowest BCUT2D eigenvalue weighted by Crippen LogP contribution is -2.31. The minimum absolute atomic E-state index is 0.108. The third kappa shape index (κ3) is 3.63. The number of H-pyrrole nitrogens is 1. The molecular weight excluding hydrogens is 456 g/mol. The number of rotatable bonds is 4. The zero-order valence-electron chi connectivity index (χ0n) is 19.6. The molecule has 0 unspecified atom stereocenters. The van der Waals surface area contributed by atoms with Gasteiger partial charge in [-0.3, -0.25) is 14.7 Å². The Morgan fingerprint density at radius 2 is 1.71 bits per heavy atom. The van der Waals surface area contributed by atoms with Crippen molar-refractivity contribution in [1.29, 1.82) is 0 Å². The van der Waals surface area contributed by atoms with Gasteiger partial charge in [0.15, 0.2) is 5.78 Å². The van der Waals surface area contributed by atoms with Crippen molar-refractivity contribution in [2.24, 2.45) is 0 Å². The zero-order valence-corrected chi connectivity index (χ0v) is 20.4. The summed E-state index contributed by atoms with van der Waals surface area (Å²) < 4.78 is 1.57. The average Bonchev–Trinajstić information content (AvgIpc) is 3.52. The van der Waals surface area contributed by atoms with Crippen LogP contribution < -0.4 is 15.8 Å². The molecule has 2 atom stereocenters. The summed E-state index contributed by atoms with van der Waals surface area (Å²) in [5, 5.41) is 8.81. The number of ketones is 1. The van der Waals surface area contributed by atoms with E-state index >= 15 is 0 Å². The van der Waals surface area contributed by atoms with Crippen molar-refractivity contribution in [3.8, 4) is 5.69 Å². The fraction of sp³-hybridized carbons (Fsp3) is 0.214. The summed E-state index contributed by atoms with van der Waals surface area (Å²) in [7, 11) is 4.00. The van der Waals surface area contributed by atoms with Crippen molar-refractivity contribution in [2.45, 2.75) is 24.7 Å². The molecule has 0 spiro atoms. The van der Waals surface area contributed by atoms with Crippen LogP contribution in [0.4, 0.5) is 11.5 Å². The third-order valence-electron chi connectivity index (χ3n) is 6.99. The van der Waals surface area contributed by atoms with Gasteiger partial charge >= 0.3 is 0 Å². The fourth-order valence-electron chi connectivity index (χ4n) is 5.27. The Labute approximate surface area is 207 Å². The largest absolute Gasteiger partial charge is 0.378 e. The molecule has 0 saturated heterocycles. The van der Waals surface area contributed by atoms with Crippen LogP contribution in [0.25, 0.3) is 5.69 Å². The summed E-state index contributed by atoms with van der Waals surface area (Å²) in [6, 6.07) is 21.8. The van der Waals surface area contributed by atoms with E-state index in [1.54, 1.807) is 16.0 Å². The molecule has 4 aromatic rings.